The molecule has 0 saturated heterocycles. The Kier molecular flexibility index (Phi) is 3.30. The van der Waals surface area contributed by atoms with Gasteiger partial charge in [-0.25, -0.2) is 4.98 Å². The van der Waals surface area contributed by atoms with Gasteiger partial charge in [-0.1, -0.05) is 6.07 Å². The SMILES string of the molecule is Cc1nc(C)c(Cc2ccc(Br)c(N)c2)s1. The van der Waals surface area contributed by atoms with Crippen LogP contribution in [0.4, 0.5) is 5.69 Å². The van der Waals surface area contributed by atoms with Crippen molar-refractivity contribution in [3.05, 3.63) is 43.8 Å². The first kappa shape index (κ1) is 11.6. The van der Waals surface area contributed by atoms with Gasteiger partial charge in [-0.15, -0.1) is 11.3 Å². The summed E-state index contributed by atoms with van der Waals surface area (Å²) < 4.78 is 0.952. The molecule has 16 heavy (non-hydrogen) atoms. The summed E-state index contributed by atoms with van der Waals surface area (Å²) in [6.45, 7) is 4.10. The molecule has 0 saturated carbocycles. The number of rotatable bonds is 2. The van der Waals surface area contributed by atoms with Gasteiger partial charge in [-0.2, -0.15) is 0 Å². The minimum Gasteiger partial charge on any atom is -0.398 e. The summed E-state index contributed by atoms with van der Waals surface area (Å²) in [5.41, 5.74) is 9.00. The molecule has 0 unspecified atom stereocenters. The number of halogens is 1. The van der Waals surface area contributed by atoms with E-state index < -0.39 is 0 Å². The number of hydrogen-bond donors (Lipinski definition) is 1. The summed E-state index contributed by atoms with van der Waals surface area (Å²) in [5, 5.41) is 1.12. The van der Waals surface area contributed by atoms with Gasteiger partial charge in [0, 0.05) is 21.5 Å². The van der Waals surface area contributed by atoms with Gasteiger partial charge in [0.15, 0.2) is 0 Å². The lowest BCUT2D eigenvalue weighted by Gasteiger charge is -2.03. The van der Waals surface area contributed by atoms with E-state index in [1.807, 2.05) is 19.1 Å². The zero-order valence-electron chi connectivity index (χ0n) is 9.25. The molecule has 1 heterocycles. The fourth-order valence-electron chi connectivity index (χ4n) is 1.63. The van der Waals surface area contributed by atoms with E-state index >= 15 is 0 Å². The molecule has 0 aliphatic heterocycles. The largest absolute Gasteiger partial charge is 0.398 e. The maximum absolute atomic E-state index is 5.86. The van der Waals surface area contributed by atoms with Crippen LogP contribution in [0.15, 0.2) is 22.7 Å². The summed E-state index contributed by atoms with van der Waals surface area (Å²) in [4.78, 5) is 5.74. The first-order valence-corrected chi connectivity index (χ1v) is 6.64. The Hall–Kier alpha value is -0.870. The van der Waals surface area contributed by atoms with Crippen molar-refractivity contribution in [3.63, 3.8) is 0 Å². The predicted molar refractivity (Wildman–Crippen MR) is 72.9 cm³/mol. The summed E-state index contributed by atoms with van der Waals surface area (Å²) in [7, 11) is 0. The van der Waals surface area contributed by atoms with Crippen molar-refractivity contribution in [2.75, 3.05) is 5.73 Å². The van der Waals surface area contributed by atoms with Gasteiger partial charge >= 0.3 is 0 Å². The Morgan fingerprint density at radius 3 is 2.69 bits per heavy atom. The molecule has 1 aromatic heterocycles. The predicted octanol–water partition coefficient (Wildman–Crippen LogP) is 3.70. The van der Waals surface area contributed by atoms with E-state index in [-0.39, 0.29) is 0 Å². The van der Waals surface area contributed by atoms with Crippen molar-refractivity contribution in [2.45, 2.75) is 20.3 Å². The van der Waals surface area contributed by atoms with Gasteiger partial charge in [0.05, 0.1) is 10.7 Å². The number of nitrogens with zero attached hydrogens (tertiary/aromatic N) is 1. The molecule has 0 bridgehead atoms. The Morgan fingerprint density at radius 2 is 2.12 bits per heavy atom. The molecule has 0 amide bonds. The second kappa shape index (κ2) is 4.55. The fraction of sp³-hybridized carbons (Fsp3) is 0.250. The molecule has 0 spiro atoms. The van der Waals surface area contributed by atoms with Crippen LogP contribution in [-0.2, 0) is 6.42 Å². The lowest BCUT2D eigenvalue weighted by molar-refractivity contribution is 1.13. The van der Waals surface area contributed by atoms with E-state index in [0.29, 0.717) is 0 Å². The van der Waals surface area contributed by atoms with Crippen LogP contribution in [0.25, 0.3) is 0 Å². The van der Waals surface area contributed by atoms with Crippen molar-refractivity contribution in [3.8, 4) is 0 Å². The van der Waals surface area contributed by atoms with Crippen molar-refractivity contribution < 1.29 is 0 Å². The highest BCUT2D eigenvalue weighted by atomic mass is 79.9. The molecule has 1 aromatic carbocycles. The number of nitrogens with two attached hydrogens (primary N) is 1. The van der Waals surface area contributed by atoms with E-state index in [0.717, 1.165) is 27.3 Å². The monoisotopic (exact) mass is 296 g/mol. The molecule has 4 heteroatoms. The van der Waals surface area contributed by atoms with Crippen molar-refractivity contribution >= 4 is 33.0 Å². The molecule has 0 radical (unpaired) electrons. The molecule has 2 nitrogen and oxygen atoms in total. The standard InChI is InChI=1S/C12H13BrN2S/c1-7-12(16-8(2)15-7)6-9-3-4-10(13)11(14)5-9/h3-5H,6,14H2,1-2H3. The maximum atomic E-state index is 5.86. The molecular weight excluding hydrogens is 284 g/mol. The third-order valence-electron chi connectivity index (χ3n) is 2.42. The Labute approximate surface area is 108 Å². The molecule has 0 aliphatic carbocycles. The number of aryl methyl sites for hydroxylation is 2. The highest BCUT2D eigenvalue weighted by Crippen LogP contribution is 2.25. The normalized spacial score (nSPS) is 10.7. The minimum absolute atomic E-state index is 0.788. The second-order valence-corrected chi connectivity index (χ2v) is 5.92. The Bertz CT molecular complexity index is 520. The molecule has 0 aliphatic rings. The van der Waals surface area contributed by atoms with Gasteiger partial charge in [0.2, 0.25) is 0 Å². The van der Waals surface area contributed by atoms with Crippen LogP contribution < -0.4 is 5.73 Å². The summed E-state index contributed by atoms with van der Waals surface area (Å²) in [5.74, 6) is 0. The van der Waals surface area contributed by atoms with Gasteiger partial charge in [-0.05, 0) is 47.5 Å². The second-order valence-electron chi connectivity index (χ2n) is 3.77. The van der Waals surface area contributed by atoms with Crippen LogP contribution >= 0.6 is 27.3 Å². The third-order valence-corrected chi connectivity index (χ3v) is 4.22. The van der Waals surface area contributed by atoms with E-state index in [9.17, 15) is 0 Å². The van der Waals surface area contributed by atoms with Gasteiger partial charge in [0.25, 0.3) is 0 Å². The molecule has 2 rings (SSSR count). The van der Waals surface area contributed by atoms with Gasteiger partial charge in [-0.3, -0.25) is 0 Å². The zero-order valence-corrected chi connectivity index (χ0v) is 11.7. The average molecular weight is 297 g/mol. The van der Waals surface area contributed by atoms with E-state index in [4.69, 9.17) is 5.73 Å². The van der Waals surface area contributed by atoms with Crippen molar-refractivity contribution in [1.82, 2.24) is 4.98 Å². The number of nitrogen functional groups attached to an aromatic ring is 1. The lowest BCUT2D eigenvalue weighted by Crippen LogP contribution is -1.92. The molecule has 2 aromatic rings. The van der Waals surface area contributed by atoms with Crippen LogP contribution in [0.1, 0.15) is 21.1 Å². The molecular formula is C12H13BrN2S. The third kappa shape index (κ3) is 2.44. The first-order valence-electron chi connectivity index (χ1n) is 5.03. The van der Waals surface area contributed by atoms with Gasteiger partial charge in [0.1, 0.15) is 0 Å². The Morgan fingerprint density at radius 1 is 1.38 bits per heavy atom. The van der Waals surface area contributed by atoms with Crippen molar-refractivity contribution in [1.29, 1.82) is 0 Å². The quantitative estimate of drug-likeness (QED) is 0.859. The first-order chi connectivity index (χ1) is 7.56. The summed E-state index contributed by atoms with van der Waals surface area (Å²) >= 11 is 5.15. The zero-order chi connectivity index (χ0) is 11.7. The van der Waals surface area contributed by atoms with E-state index in [2.05, 4.69) is 33.9 Å². The van der Waals surface area contributed by atoms with Crippen LogP contribution in [0, 0.1) is 13.8 Å². The number of benzene rings is 1. The van der Waals surface area contributed by atoms with Crippen LogP contribution in [-0.4, -0.2) is 4.98 Å². The number of thiazole rings is 1. The van der Waals surface area contributed by atoms with Crippen LogP contribution in [0.5, 0.6) is 0 Å². The van der Waals surface area contributed by atoms with Crippen LogP contribution in [0.3, 0.4) is 0 Å². The highest BCUT2D eigenvalue weighted by Gasteiger charge is 2.06. The molecule has 0 fully saturated rings. The number of anilines is 1. The van der Waals surface area contributed by atoms with E-state index in [1.165, 1.54) is 10.4 Å². The van der Waals surface area contributed by atoms with Gasteiger partial charge < -0.3 is 5.73 Å². The smallest absolute Gasteiger partial charge is 0.0900 e. The molecule has 84 valence electrons. The highest BCUT2D eigenvalue weighted by molar-refractivity contribution is 9.10. The summed E-state index contributed by atoms with van der Waals surface area (Å²) in [6, 6.07) is 6.10. The number of aromatic nitrogens is 1. The number of hydrogen-bond acceptors (Lipinski definition) is 3. The lowest BCUT2D eigenvalue weighted by atomic mass is 10.1. The maximum Gasteiger partial charge on any atom is 0.0900 e. The molecule has 0 atom stereocenters. The minimum atomic E-state index is 0.788. The van der Waals surface area contributed by atoms with E-state index in [1.54, 1.807) is 11.3 Å². The summed E-state index contributed by atoms with van der Waals surface area (Å²) in [6.07, 6.45) is 0.912. The fourth-order valence-corrected chi connectivity index (χ4v) is 2.84. The Balaban J connectivity index is 2.27. The van der Waals surface area contributed by atoms with Crippen LogP contribution in [0.2, 0.25) is 0 Å². The molecule has 2 N–H and O–H groups in total. The van der Waals surface area contributed by atoms with Crippen molar-refractivity contribution in [2.24, 2.45) is 0 Å². The average Bonchev–Trinajstić information content (AvgIpc) is 2.51. The topological polar surface area (TPSA) is 38.9 Å².